The Kier molecular flexibility index (Phi) is 21.2. The number of carbonyl (C=O) groups is 1. The van der Waals surface area contributed by atoms with Crippen LogP contribution in [0.4, 0.5) is 0 Å². The average molecular weight is 153 g/mol. The van der Waals surface area contributed by atoms with Gasteiger partial charge in [-0.1, -0.05) is 0 Å². The first kappa shape index (κ1) is 15.7. The van der Waals surface area contributed by atoms with Crippen molar-refractivity contribution in [2.45, 2.75) is 6.92 Å². The van der Waals surface area contributed by atoms with Gasteiger partial charge < -0.3 is 12.2 Å². The van der Waals surface area contributed by atoms with Crippen LogP contribution in [-0.4, -0.2) is 5.97 Å². The molecule has 7 heavy (non-hydrogen) atoms. The van der Waals surface area contributed by atoms with Crippen molar-refractivity contribution >= 4 is 5.97 Å². The van der Waals surface area contributed by atoms with Crippen molar-refractivity contribution in [2.75, 3.05) is 0 Å². The minimum atomic E-state index is -0.356. The van der Waals surface area contributed by atoms with Crippen molar-refractivity contribution in [3.63, 3.8) is 0 Å². The fourth-order valence-corrected chi connectivity index (χ4v) is 0. The van der Waals surface area contributed by atoms with Crippen LogP contribution in [0.25, 0.3) is 0 Å². The molecule has 0 amide bonds. The minimum Gasteiger partial charge on any atom is -0.640 e. The van der Waals surface area contributed by atoms with Gasteiger partial charge in [-0.3, -0.25) is 4.79 Å². The Hall–Kier alpha value is 0.0934. The van der Waals surface area contributed by atoms with E-state index in [-0.39, 0.29) is 32.9 Å². The van der Waals surface area contributed by atoms with Gasteiger partial charge >= 0.3 is 19.5 Å². The third kappa shape index (κ3) is 23.3. The Balaban J connectivity index is -0.0000000800. The van der Waals surface area contributed by atoms with Crippen molar-refractivity contribution in [1.82, 2.24) is 0 Å². The second kappa shape index (κ2) is 9.43. The summed E-state index contributed by atoms with van der Waals surface area (Å²) in [5.74, 6) is -0.356. The van der Waals surface area contributed by atoms with E-state index >= 15 is 0 Å². The van der Waals surface area contributed by atoms with Crippen molar-refractivity contribution in [3.05, 3.63) is 14.5 Å². The van der Waals surface area contributed by atoms with Crippen LogP contribution in [0.15, 0.2) is 0 Å². The Morgan fingerprint density at radius 2 is 1.86 bits per heavy atom. The van der Waals surface area contributed by atoms with Gasteiger partial charge in [-0.25, -0.2) is 0 Å². The van der Waals surface area contributed by atoms with E-state index in [1.54, 1.807) is 0 Å². The van der Waals surface area contributed by atoms with Gasteiger partial charge in [-0.05, 0) is 0 Å². The molecule has 0 aromatic rings. The molecule has 0 aliphatic carbocycles. The maximum atomic E-state index is 9.53. The SMILES string of the molecule is [CH2-]OC(C)=O.[CH3-].[Zn+2]. The molecule has 0 saturated carbocycles. The molecule has 0 atom stereocenters. The smallest absolute Gasteiger partial charge is 0.640 e. The van der Waals surface area contributed by atoms with Crippen LogP contribution in [-0.2, 0) is 29.0 Å². The van der Waals surface area contributed by atoms with E-state index in [1.165, 1.54) is 6.92 Å². The molecule has 0 heterocycles. The molecule has 0 aliphatic rings. The standard InChI is InChI=1S/C3H5O2.CH3.Zn/c1-3(4)5-2;;/h2H2,1H3;1H3;/q2*-1;+2. The van der Waals surface area contributed by atoms with Gasteiger partial charge in [0.05, 0.1) is 0 Å². The molecule has 0 rings (SSSR count). The molecule has 0 bridgehead atoms. The molecule has 3 heteroatoms. The van der Waals surface area contributed by atoms with E-state index < -0.39 is 0 Å². The number of hydrogen-bond acceptors (Lipinski definition) is 2. The molecule has 0 aromatic heterocycles. The molecule has 2 nitrogen and oxygen atoms in total. The maximum absolute atomic E-state index is 9.53. The number of esters is 1. The van der Waals surface area contributed by atoms with E-state index in [1.807, 2.05) is 0 Å². The summed E-state index contributed by atoms with van der Waals surface area (Å²) in [5, 5.41) is 0. The summed E-state index contributed by atoms with van der Waals surface area (Å²) in [6.07, 6.45) is 0. The van der Waals surface area contributed by atoms with Gasteiger partial charge in [0.15, 0.2) is 0 Å². The van der Waals surface area contributed by atoms with Gasteiger partial charge in [0.25, 0.3) is 5.97 Å². The molecular weight excluding hydrogens is 145 g/mol. The summed E-state index contributed by atoms with van der Waals surface area (Å²) in [6, 6.07) is 0. The van der Waals surface area contributed by atoms with Crippen LogP contribution in [0.1, 0.15) is 6.92 Å². The van der Waals surface area contributed by atoms with Crippen molar-refractivity contribution in [1.29, 1.82) is 0 Å². The molecule has 0 unspecified atom stereocenters. The zero-order valence-electron chi connectivity index (χ0n) is 4.73. The largest absolute Gasteiger partial charge is 2.00 e. The van der Waals surface area contributed by atoms with Gasteiger partial charge in [0, 0.05) is 6.92 Å². The monoisotopic (exact) mass is 152 g/mol. The summed E-state index contributed by atoms with van der Waals surface area (Å²) in [7, 11) is 2.84. The van der Waals surface area contributed by atoms with Crippen molar-refractivity contribution in [3.8, 4) is 0 Å². The van der Waals surface area contributed by atoms with E-state index in [0.29, 0.717) is 0 Å². The Bertz CT molecular complexity index is 45.0. The summed E-state index contributed by atoms with van der Waals surface area (Å²) in [4.78, 5) is 9.53. The second-order valence-corrected chi connectivity index (χ2v) is 0.636. The van der Waals surface area contributed by atoms with Crippen molar-refractivity contribution in [2.24, 2.45) is 0 Å². The maximum Gasteiger partial charge on any atom is 2.00 e. The molecular formula is C4H8O2Zn. The zero-order chi connectivity index (χ0) is 4.28. The Morgan fingerprint density at radius 1 is 1.71 bits per heavy atom. The number of carbonyl (C=O) groups excluding carboxylic acids is 1. The summed E-state index contributed by atoms with van der Waals surface area (Å²) >= 11 is 0. The number of hydrogen-bond donors (Lipinski definition) is 0. The predicted octanol–water partition coefficient (Wildman–Crippen LogP) is 0.789. The molecule has 38 valence electrons. The summed E-state index contributed by atoms with van der Waals surface area (Å²) in [5.41, 5.74) is 0. The average Bonchev–Trinajstić information content (AvgIpc) is 1.38. The van der Waals surface area contributed by atoms with Crippen molar-refractivity contribution < 1.29 is 29.0 Å². The molecule has 0 fully saturated rings. The first-order valence-electron chi connectivity index (χ1n) is 1.20. The van der Waals surface area contributed by atoms with Crippen LogP contribution in [0.5, 0.6) is 0 Å². The molecule has 0 radical (unpaired) electrons. The molecule has 0 spiro atoms. The normalized spacial score (nSPS) is 4.86. The minimum absolute atomic E-state index is 0. The molecule has 0 aromatic carbocycles. The fourth-order valence-electron chi connectivity index (χ4n) is 0. The van der Waals surface area contributed by atoms with Gasteiger partial charge in [0.2, 0.25) is 0 Å². The molecule has 0 N–H and O–H groups in total. The van der Waals surface area contributed by atoms with Crippen LogP contribution in [0.3, 0.4) is 0 Å². The summed E-state index contributed by atoms with van der Waals surface area (Å²) < 4.78 is 3.86. The quantitative estimate of drug-likeness (QED) is 0.292. The zero-order valence-corrected chi connectivity index (χ0v) is 7.70. The van der Waals surface area contributed by atoms with Gasteiger partial charge in [-0.15, -0.1) is 0 Å². The molecule has 0 aliphatic heterocycles. The first-order valence-corrected chi connectivity index (χ1v) is 1.20. The first-order chi connectivity index (χ1) is 2.27. The van der Waals surface area contributed by atoms with E-state index in [0.717, 1.165) is 0 Å². The third-order valence-electron chi connectivity index (χ3n) is 0.203. The van der Waals surface area contributed by atoms with E-state index in [9.17, 15) is 4.79 Å². The van der Waals surface area contributed by atoms with Gasteiger partial charge in [0.1, 0.15) is 0 Å². The fraction of sp³-hybridized carbons (Fsp3) is 0.250. The number of ether oxygens (including phenoxy) is 1. The van der Waals surface area contributed by atoms with Crippen LogP contribution in [0, 0.1) is 14.5 Å². The second-order valence-electron chi connectivity index (χ2n) is 0.636. The predicted molar refractivity (Wildman–Crippen MR) is 23.5 cm³/mol. The van der Waals surface area contributed by atoms with Crippen LogP contribution in [0.2, 0.25) is 0 Å². The summed E-state index contributed by atoms with van der Waals surface area (Å²) in [6.45, 7) is 1.30. The molecule has 0 saturated heterocycles. The van der Waals surface area contributed by atoms with Crippen LogP contribution < -0.4 is 0 Å². The number of rotatable bonds is 0. The van der Waals surface area contributed by atoms with Crippen LogP contribution >= 0.6 is 0 Å². The Labute approximate surface area is 57.0 Å². The van der Waals surface area contributed by atoms with E-state index in [2.05, 4.69) is 11.8 Å². The van der Waals surface area contributed by atoms with Gasteiger partial charge in [-0.2, -0.15) is 7.11 Å². The Morgan fingerprint density at radius 3 is 1.86 bits per heavy atom. The topological polar surface area (TPSA) is 26.3 Å². The van der Waals surface area contributed by atoms with E-state index in [4.69, 9.17) is 0 Å². The third-order valence-corrected chi connectivity index (χ3v) is 0.203.